The van der Waals surface area contributed by atoms with Crippen LogP contribution in [0.1, 0.15) is 60.3 Å². The van der Waals surface area contributed by atoms with E-state index in [1.165, 1.54) is 12.4 Å². The normalized spacial score (nSPS) is 24.5. The molecule has 48 heavy (non-hydrogen) atoms. The molecule has 2 fully saturated rings. The number of benzene rings is 1. The highest BCUT2D eigenvalue weighted by molar-refractivity contribution is 6.73. The van der Waals surface area contributed by atoms with Crippen LogP contribution in [0.2, 0.25) is 10.1 Å². The molecule has 3 aromatic rings. The molecule has 1 aromatic carbocycles. The number of aromatic nitrogens is 2. The van der Waals surface area contributed by atoms with Crippen LogP contribution in [0.5, 0.6) is 0 Å². The first-order valence-corrected chi connectivity index (χ1v) is 17.7. The fraction of sp³-hybridized carbons (Fsp3) is 0.485. The predicted molar refractivity (Wildman–Crippen MR) is 182 cm³/mol. The average molecular weight is 679 g/mol. The van der Waals surface area contributed by atoms with E-state index in [1.807, 2.05) is 30.3 Å². The second kappa shape index (κ2) is 12.1. The molecule has 6 rings (SSSR count). The third-order valence-corrected chi connectivity index (χ3v) is 14.1. The van der Waals surface area contributed by atoms with Crippen molar-refractivity contribution >= 4 is 55.0 Å². The lowest BCUT2D eigenvalue weighted by atomic mass is 9.96. The average Bonchev–Trinajstić information content (AvgIpc) is 3.47. The Morgan fingerprint density at radius 2 is 1.88 bits per heavy atom. The molecule has 5 heterocycles. The van der Waals surface area contributed by atoms with E-state index in [9.17, 15) is 19.5 Å². The van der Waals surface area contributed by atoms with Crippen molar-refractivity contribution in [1.82, 2.24) is 14.9 Å². The summed E-state index contributed by atoms with van der Waals surface area (Å²) in [6.07, 6.45) is 0.0633. The van der Waals surface area contributed by atoms with Crippen molar-refractivity contribution in [2.45, 2.75) is 89.2 Å². The van der Waals surface area contributed by atoms with E-state index in [0.29, 0.717) is 16.6 Å². The van der Waals surface area contributed by atoms with Crippen molar-refractivity contribution in [3.63, 3.8) is 0 Å². The number of alkyl carbamates (subject to hydrolysis) is 1. The summed E-state index contributed by atoms with van der Waals surface area (Å²) >= 11 is 0. The number of carbonyl (C=O) groups excluding carboxylic acids is 2. The topological polar surface area (TPSA) is 175 Å². The van der Waals surface area contributed by atoms with Gasteiger partial charge in [0, 0.05) is 27.7 Å². The van der Waals surface area contributed by atoms with Gasteiger partial charge in [0.15, 0.2) is 6.23 Å². The zero-order chi connectivity index (χ0) is 34.6. The highest BCUT2D eigenvalue weighted by Crippen LogP contribution is 2.57. The molecule has 4 atom stereocenters. The fourth-order valence-corrected chi connectivity index (χ4v) is 12.1. The second-order valence-electron chi connectivity index (χ2n) is 14.6. The van der Waals surface area contributed by atoms with E-state index in [4.69, 9.17) is 18.3 Å². The minimum Gasteiger partial charge on any atom is -0.445 e. The van der Waals surface area contributed by atoms with Crippen LogP contribution in [0.15, 0.2) is 52.4 Å². The molecule has 256 valence electrons. The van der Waals surface area contributed by atoms with Gasteiger partial charge < -0.3 is 43.9 Å². The molecule has 0 spiro atoms. The molecule has 4 N–H and O–H groups in total. The summed E-state index contributed by atoms with van der Waals surface area (Å²) in [7, 11) is -2.95. The highest BCUT2D eigenvalue weighted by Gasteiger charge is 2.67. The Labute approximate surface area is 279 Å². The van der Waals surface area contributed by atoms with E-state index in [1.54, 1.807) is 17.7 Å². The maximum atomic E-state index is 13.0. The molecule has 3 aliphatic heterocycles. The molecule has 2 amide bonds. The number of anilines is 2. The van der Waals surface area contributed by atoms with Crippen LogP contribution in [0.4, 0.5) is 22.1 Å². The fourth-order valence-electron chi connectivity index (χ4n) is 7.03. The first kappa shape index (κ1) is 33.7. The molecule has 0 bridgehead atoms. The standard InChI is InChI=1S/C33H42N6O8Si/c1-31(2,3)48(32(4,5)6)45-17-22-26(47-48)33(7,43)29(46-22)39-15-20-21(13-23(40)38-27-25(20)28(39)36-18-35-27)37-24(41)14-34-30(42)44-16-19-11-9-8-10-12-19/h8-13,15,18,22,26,29,43H,14,16-17H2,1-7H3,(H,34,42)(H,37,41)(H,35,36,38,40). The first-order valence-electron chi connectivity index (χ1n) is 15.8. The zero-order valence-corrected chi connectivity index (χ0v) is 29.1. The molecule has 3 aliphatic rings. The Balaban J connectivity index is 1.29. The minimum absolute atomic E-state index is 0.0444. The molecule has 0 saturated carbocycles. The Kier molecular flexibility index (Phi) is 8.48. The summed E-state index contributed by atoms with van der Waals surface area (Å²) < 4.78 is 26.8. The van der Waals surface area contributed by atoms with Gasteiger partial charge in [0.25, 0.3) is 5.56 Å². The van der Waals surface area contributed by atoms with E-state index >= 15 is 0 Å². The van der Waals surface area contributed by atoms with Crippen molar-refractivity contribution in [2.75, 3.05) is 23.8 Å². The lowest BCUT2D eigenvalue weighted by Crippen LogP contribution is -2.66. The predicted octanol–water partition coefficient (Wildman–Crippen LogP) is 4.45. The van der Waals surface area contributed by atoms with Crippen LogP contribution in [0.3, 0.4) is 0 Å². The van der Waals surface area contributed by atoms with Crippen molar-refractivity contribution in [1.29, 1.82) is 0 Å². The van der Waals surface area contributed by atoms with E-state index in [-0.39, 0.29) is 34.8 Å². The first-order chi connectivity index (χ1) is 22.5. The number of fused-ring (bicyclic) bond motifs is 1. The van der Waals surface area contributed by atoms with Gasteiger partial charge >= 0.3 is 14.7 Å². The Morgan fingerprint density at radius 1 is 1.17 bits per heavy atom. The van der Waals surface area contributed by atoms with Gasteiger partial charge in [0.05, 0.1) is 24.0 Å². The van der Waals surface area contributed by atoms with Gasteiger partial charge in [-0.3, -0.25) is 9.59 Å². The van der Waals surface area contributed by atoms with E-state index < -0.39 is 56.7 Å². The van der Waals surface area contributed by atoms with Crippen LogP contribution < -0.4 is 21.5 Å². The zero-order valence-electron chi connectivity index (χ0n) is 28.1. The van der Waals surface area contributed by atoms with Crippen LogP contribution >= 0.6 is 0 Å². The Hall–Kier alpha value is -4.15. The lowest BCUT2D eigenvalue weighted by Gasteiger charge is -2.54. The monoisotopic (exact) mass is 678 g/mol. The van der Waals surface area contributed by atoms with Gasteiger partial charge in [-0.15, -0.1) is 0 Å². The number of amides is 2. The number of ether oxygens (including phenoxy) is 2. The third-order valence-electron chi connectivity index (χ3n) is 8.98. The number of rotatable bonds is 6. The minimum atomic E-state index is -2.95. The number of nitrogens with zero attached hydrogens (tertiary/aromatic N) is 3. The summed E-state index contributed by atoms with van der Waals surface area (Å²) in [6, 6.07) is 10.3. The van der Waals surface area contributed by atoms with Gasteiger partial charge in [0.1, 0.15) is 42.6 Å². The van der Waals surface area contributed by atoms with Gasteiger partial charge in [-0.1, -0.05) is 71.9 Å². The van der Waals surface area contributed by atoms with Crippen LogP contribution in [0.25, 0.3) is 10.8 Å². The number of nitrogens with one attached hydrogen (secondary N) is 3. The molecule has 15 heteroatoms. The van der Waals surface area contributed by atoms with Crippen LogP contribution in [-0.4, -0.2) is 72.5 Å². The molecule has 4 unspecified atom stereocenters. The summed E-state index contributed by atoms with van der Waals surface area (Å²) in [6.45, 7) is 14.2. The molecule has 0 radical (unpaired) electrons. The lowest BCUT2D eigenvalue weighted by molar-refractivity contribution is -0.115. The van der Waals surface area contributed by atoms with Crippen LogP contribution in [-0.2, 0) is 29.7 Å². The molecule has 14 nitrogen and oxygen atoms in total. The summed E-state index contributed by atoms with van der Waals surface area (Å²) in [5.74, 6) is -0.0161. The second-order valence-corrected chi connectivity index (χ2v) is 19.3. The number of carbonyl (C=O) groups is 2. The highest BCUT2D eigenvalue weighted by atomic mass is 28.4. The number of hydrogen-bond acceptors (Lipinski definition) is 11. The van der Waals surface area contributed by atoms with Crippen LogP contribution in [0, 0.1) is 0 Å². The largest absolute Gasteiger partial charge is 0.445 e. The maximum absolute atomic E-state index is 13.0. The van der Waals surface area contributed by atoms with E-state index in [2.05, 4.69) is 67.5 Å². The SMILES string of the molecule is CC1(O)C2O[Si](C(C)(C)C)(C(C)(C)C)OCC2OC1n1cc2c(NC(=O)CNC(=O)OCc3ccccc3)cc(=O)nc3c2c1N=CN3. The molecule has 2 saturated heterocycles. The van der Waals surface area contributed by atoms with Crippen molar-refractivity contribution in [3.8, 4) is 0 Å². The van der Waals surface area contributed by atoms with Gasteiger partial charge in [-0.25, -0.2) is 9.79 Å². The summed E-state index contributed by atoms with van der Waals surface area (Å²) in [4.78, 5) is 46.7. The third kappa shape index (κ3) is 5.89. The molecule has 2 aromatic heterocycles. The van der Waals surface area contributed by atoms with E-state index in [0.717, 1.165) is 5.56 Å². The van der Waals surface area contributed by atoms with Gasteiger partial charge in [-0.2, -0.15) is 4.98 Å². The maximum Gasteiger partial charge on any atom is 0.407 e. The Morgan fingerprint density at radius 3 is 2.56 bits per heavy atom. The quantitative estimate of drug-likeness (QED) is 0.273. The molecular formula is C33H42N6O8Si. The Bertz CT molecular complexity index is 1820. The van der Waals surface area contributed by atoms with Crippen molar-refractivity contribution < 1.29 is 33.0 Å². The molecular weight excluding hydrogens is 636 g/mol. The molecule has 0 aliphatic carbocycles. The van der Waals surface area contributed by atoms with Gasteiger partial charge in [-0.05, 0) is 12.5 Å². The smallest absolute Gasteiger partial charge is 0.407 e. The van der Waals surface area contributed by atoms with Crippen molar-refractivity contribution in [3.05, 3.63) is 58.5 Å². The summed E-state index contributed by atoms with van der Waals surface area (Å²) in [5, 5.41) is 20.5. The number of aliphatic hydroxyl groups is 1. The number of aliphatic imine (C=N–C) groups is 1. The van der Waals surface area contributed by atoms with Crippen molar-refractivity contribution in [2.24, 2.45) is 4.99 Å². The number of hydrogen-bond donors (Lipinski definition) is 4. The van der Waals surface area contributed by atoms with Gasteiger partial charge in [0.2, 0.25) is 5.91 Å². The summed E-state index contributed by atoms with van der Waals surface area (Å²) in [5.41, 5.74) is -1.20.